The first-order chi connectivity index (χ1) is 10.9. The predicted molar refractivity (Wildman–Crippen MR) is 91.5 cm³/mol. The summed E-state index contributed by atoms with van der Waals surface area (Å²) in [6, 6.07) is 5.70. The van der Waals surface area contributed by atoms with Crippen molar-refractivity contribution in [3.05, 3.63) is 56.7 Å². The van der Waals surface area contributed by atoms with Crippen LogP contribution < -0.4 is 10.9 Å². The topological polar surface area (TPSA) is 91.9 Å². The summed E-state index contributed by atoms with van der Waals surface area (Å²) in [6.45, 7) is 1.42. The molecule has 0 atom stereocenters. The number of rotatable bonds is 5. The molecule has 1 aromatic carbocycles. The molecule has 6 nitrogen and oxygen atoms in total. The SMILES string of the molecule is CSCc1nc(C(=O)Nc2cc(C(C)=O)ccc2Cl)cc(=O)[nH]1. The first kappa shape index (κ1) is 17.2. The molecule has 0 radical (unpaired) electrons. The Morgan fingerprint density at radius 3 is 2.74 bits per heavy atom. The number of nitrogens with one attached hydrogen (secondary N) is 2. The monoisotopic (exact) mass is 351 g/mol. The molecule has 2 aromatic rings. The minimum atomic E-state index is -0.568. The van der Waals surface area contributed by atoms with E-state index in [1.54, 1.807) is 6.07 Å². The summed E-state index contributed by atoms with van der Waals surface area (Å²) in [5, 5.41) is 2.86. The third kappa shape index (κ3) is 4.43. The minimum absolute atomic E-state index is 0.0119. The van der Waals surface area contributed by atoms with Crippen LogP contribution in [-0.4, -0.2) is 27.9 Å². The molecule has 2 N–H and O–H groups in total. The van der Waals surface area contributed by atoms with Crippen LogP contribution >= 0.6 is 23.4 Å². The molecular weight excluding hydrogens is 338 g/mol. The van der Waals surface area contributed by atoms with E-state index in [1.807, 2.05) is 6.26 Å². The van der Waals surface area contributed by atoms with Gasteiger partial charge in [-0.15, -0.1) is 0 Å². The summed E-state index contributed by atoms with van der Waals surface area (Å²) in [5.41, 5.74) is 0.296. The van der Waals surface area contributed by atoms with E-state index in [0.29, 0.717) is 17.1 Å². The maximum atomic E-state index is 12.3. The second kappa shape index (κ2) is 7.43. The van der Waals surface area contributed by atoms with E-state index in [0.717, 1.165) is 6.07 Å². The van der Waals surface area contributed by atoms with Gasteiger partial charge in [-0.25, -0.2) is 4.98 Å². The third-order valence-electron chi connectivity index (χ3n) is 2.93. The summed E-state index contributed by atoms with van der Waals surface area (Å²) >= 11 is 7.50. The van der Waals surface area contributed by atoms with Crippen LogP contribution in [-0.2, 0) is 5.75 Å². The number of ketones is 1. The standard InChI is InChI=1S/C15H14ClN3O3S/c1-8(20)9-3-4-10(16)11(5-9)18-15(22)12-6-14(21)19-13(17-12)7-23-2/h3-6H,7H2,1-2H3,(H,18,22)(H,17,19,21). The Morgan fingerprint density at radius 1 is 1.35 bits per heavy atom. The number of aromatic amines is 1. The third-order valence-corrected chi connectivity index (χ3v) is 3.82. The molecule has 1 amide bonds. The molecule has 8 heteroatoms. The number of amides is 1. The van der Waals surface area contributed by atoms with Crippen LogP contribution in [0.4, 0.5) is 5.69 Å². The smallest absolute Gasteiger partial charge is 0.274 e. The molecule has 0 aliphatic carbocycles. The highest BCUT2D eigenvalue weighted by Crippen LogP contribution is 2.23. The summed E-state index contributed by atoms with van der Waals surface area (Å²) in [4.78, 5) is 42.0. The number of benzene rings is 1. The van der Waals surface area contributed by atoms with Gasteiger partial charge in [-0.1, -0.05) is 11.6 Å². The van der Waals surface area contributed by atoms with E-state index in [1.165, 1.54) is 30.8 Å². The molecule has 0 saturated carbocycles. The van der Waals surface area contributed by atoms with Crippen LogP contribution in [0.2, 0.25) is 5.02 Å². The van der Waals surface area contributed by atoms with Crippen molar-refractivity contribution in [1.29, 1.82) is 0 Å². The lowest BCUT2D eigenvalue weighted by atomic mass is 10.1. The number of carbonyl (C=O) groups excluding carboxylic acids is 2. The maximum Gasteiger partial charge on any atom is 0.274 e. The number of anilines is 1. The van der Waals surface area contributed by atoms with Crippen molar-refractivity contribution >= 4 is 40.7 Å². The van der Waals surface area contributed by atoms with E-state index in [9.17, 15) is 14.4 Å². The molecule has 0 saturated heterocycles. The van der Waals surface area contributed by atoms with Gasteiger partial charge >= 0.3 is 0 Å². The fourth-order valence-electron chi connectivity index (χ4n) is 1.86. The Morgan fingerprint density at radius 2 is 2.09 bits per heavy atom. The fourth-order valence-corrected chi connectivity index (χ4v) is 2.43. The van der Waals surface area contributed by atoms with Gasteiger partial charge in [0.15, 0.2) is 5.78 Å². The number of halogens is 1. The van der Waals surface area contributed by atoms with Gasteiger partial charge in [0, 0.05) is 11.6 Å². The van der Waals surface area contributed by atoms with Crippen LogP contribution in [0.25, 0.3) is 0 Å². The molecule has 0 aliphatic heterocycles. The number of aromatic nitrogens is 2. The van der Waals surface area contributed by atoms with E-state index in [2.05, 4.69) is 15.3 Å². The van der Waals surface area contributed by atoms with Crippen LogP contribution in [0.15, 0.2) is 29.1 Å². The molecular formula is C15H14ClN3O3S. The van der Waals surface area contributed by atoms with Crippen molar-refractivity contribution in [1.82, 2.24) is 9.97 Å². The van der Waals surface area contributed by atoms with E-state index in [-0.39, 0.29) is 22.2 Å². The normalized spacial score (nSPS) is 10.4. The van der Waals surface area contributed by atoms with Crippen molar-refractivity contribution in [2.24, 2.45) is 0 Å². The lowest BCUT2D eigenvalue weighted by Crippen LogP contribution is -2.20. The Bertz CT molecular complexity index is 820. The highest BCUT2D eigenvalue weighted by molar-refractivity contribution is 7.97. The highest BCUT2D eigenvalue weighted by Gasteiger charge is 2.13. The molecule has 0 unspecified atom stereocenters. The molecule has 0 fully saturated rings. The number of Topliss-reactive ketones (excluding diaryl/α,β-unsaturated/α-hetero) is 1. The number of hydrogen-bond donors (Lipinski definition) is 2. The zero-order valence-corrected chi connectivity index (χ0v) is 14.0. The first-order valence-electron chi connectivity index (χ1n) is 6.61. The van der Waals surface area contributed by atoms with Gasteiger partial charge in [-0.2, -0.15) is 11.8 Å². The van der Waals surface area contributed by atoms with Crippen LogP contribution in [0.5, 0.6) is 0 Å². The molecule has 23 heavy (non-hydrogen) atoms. The van der Waals surface area contributed by atoms with Gasteiger partial charge in [0.1, 0.15) is 11.5 Å². The molecule has 1 aromatic heterocycles. The first-order valence-corrected chi connectivity index (χ1v) is 8.39. The van der Waals surface area contributed by atoms with Gasteiger partial charge in [0.05, 0.1) is 16.5 Å². The quantitative estimate of drug-likeness (QED) is 0.808. The molecule has 0 spiro atoms. The average Bonchev–Trinajstić information content (AvgIpc) is 2.49. The maximum absolute atomic E-state index is 12.3. The van der Waals surface area contributed by atoms with Gasteiger partial charge < -0.3 is 10.3 Å². The van der Waals surface area contributed by atoms with Gasteiger partial charge in [-0.05, 0) is 31.4 Å². The molecule has 120 valence electrons. The van der Waals surface area contributed by atoms with E-state index >= 15 is 0 Å². The second-order valence-corrected chi connectivity index (χ2v) is 5.99. The molecule has 0 bridgehead atoms. The zero-order valence-electron chi connectivity index (χ0n) is 12.5. The summed E-state index contributed by atoms with van der Waals surface area (Å²) in [7, 11) is 0. The van der Waals surface area contributed by atoms with Gasteiger partial charge in [0.25, 0.3) is 11.5 Å². The van der Waals surface area contributed by atoms with Gasteiger partial charge in [-0.3, -0.25) is 14.4 Å². The Labute approximate surface area is 141 Å². The van der Waals surface area contributed by atoms with E-state index in [4.69, 9.17) is 11.6 Å². The second-order valence-electron chi connectivity index (χ2n) is 4.72. The number of thioether (sulfide) groups is 1. The predicted octanol–water partition coefficient (Wildman–Crippen LogP) is 2.74. The van der Waals surface area contributed by atoms with Crippen molar-refractivity contribution in [3.8, 4) is 0 Å². The Kier molecular flexibility index (Phi) is 5.57. The van der Waals surface area contributed by atoms with Crippen molar-refractivity contribution in [2.75, 3.05) is 11.6 Å². The molecule has 0 aliphatic rings. The lowest BCUT2D eigenvalue weighted by Gasteiger charge is -2.09. The van der Waals surface area contributed by atoms with Crippen molar-refractivity contribution in [2.45, 2.75) is 12.7 Å². The lowest BCUT2D eigenvalue weighted by molar-refractivity contribution is 0.100. The van der Waals surface area contributed by atoms with E-state index < -0.39 is 11.5 Å². The highest BCUT2D eigenvalue weighted by atomic mass is 35.5. The number of hydrogen-bond acceptors (Lipinski definition) is 5. The van der Waals surface area contributed by atoms with Crippen LogP contribution in [0.1, 0.15) is 33.6 Å². The summed E-state index contributed by atoms with van der Waals surface area (Å²) in [5.74, 6) is 0.185. The Hall–Kier alpha value is -2.12. The molecule has 2 rings (SSSR count). The average molecular weight is 352 g/mol. The van der Waals surface area contributed by atoms with Crippen LogP contribution in [0.3, 0.4) is 0 Å². The Balaban J connectivity index is 2.30. The number of nitrogens with zero attached hydrogens (tertiary/aromatic N) is 1. The van der Waals surface area contributed by atoms with Crippen molar-refractivity contribution < 1.29 is 9.59 Å². The summed E-state index contributed by atoms with van der Waals surface area (Å²) in [6.07, 6.45) is 1.86. The van der Waals surface area contributed by atoms with Crippen LogP contribution in [0, 0.1) is 0 Å². The number of H-pyrrole nitrogens is 1. The number of carbonyl (C=O) groups is 2. The largest absolute Gasteiger partial charge is 0.319 e. The van der Waals surface area contributed by atoms with Crippen molar-refractivity contribution in [3.63, 3.8) is 0 Å². The minimum Gasteiger partial charge on any atom is -0.319 e. The summed E-state index contributed by atoms with van der Waals surface area (Å²) < 4.78 is 0. The molecule has 1 heterocycles. The fraction of sp³-hybridized carbons (Fsp3) is 0.200. The van der Waals surface area contributed by atoms with Gasteiger partial charge in [0.2, 0.25) is 0 Å². The zero-order chi connectivity index (χ0) is 17.0.